The molecule has 4 heteroatoms. The van der Waals surface area contributed by atoms with Gasteiger partial charge in [0.05, 0.1) is 5.92 Å². The molecule has 3 unspecified atom stereocenters. The molecule has 2 aliphatic heterocycles. The highest BCUT2D eigenvalue weighted by molar-refractivity contribution is 5.85. The third kappa shape index (κ3) is 3.47. The molecule has 2 fully saturated rings. The highest BCUT2D eigenvalue weighted by Gasteiger charge is 2.36. The van der Waals surface area contributed by atoms with Crippen LogP contribution in [0.5, 0.6) is 0 Å². The first kappa shape index (κ1) is 17.3. The number of likely N-dealkylation sites (tertiary alicyclic amines) is 1. The highest BCUT2D eigenvalue weighted by Crippen LogP contribution is 2.34. The van der Waals surface area contributed by atoms with Gasteiger partial charge >= 0.3 is 0 Å². The molecular weight excluding hydrogens is 296 g/mol. The summed E-state index contributed by atoms with van der Waals surface area (Å²) in [4.78, 5) is 14.9. The minimum Gasteiger partial charge on any atom is -0.339 e. The van der Waals surface area contributed by atoms with Crippen molar-refractivity contribution in [2.24, 2.45) is 5.92 Å². The normalized spacial score (nSPS) is 28.3. The molecule has 2 aliphatic rings. The van der Waals surface area contributed by atoms with Crippen LogP contribution < -0.4 is 5.32 Å². The largest absolute Gasteiger partial charge is 0.339 e. The van der Waals surface area contributed by atoms with Crippen molar-refractivity contribution in [2.75, 3.05) is 19.6 Å². The summed E-state index contributed by atoms with van der Waals surface area (Å²) < 4.78 is 0. The van der Waals surface area contributed by atoms with Crippen molar-refractivity contribution >= 4 is 18.3 Å². The molecule has 1 amide bonds. The molecule has 3 atom stereocenters. The Hall–Kier alpha value is -1.06. The number of nitrogens with one attached hydrogen (secondary N) is 1. The summed E-state index contributed by atoms with van der Waals surface area (Å²) in [5.74, 6) is 1.06. The third-order valence-electron chi connectivity index (χ3n) is 5.13. The topological polar surface area (TPSA) is 32.3 Å². The molecule has 3 nitrogen and oxygen atoms in total. The Labute approximate surface area is 139 Å². The molecule has 122 valence electrons. The number of carbonyl (C=O) groups excluding carboxylic acids is 1. The van der Waals surface area contributed by atoms with Crippen LogP contribution in [-0.2, 0) is 4.79 Å². The molecule has 0 aromatic heterocycles. The van der Waals surface area contributed by atoms with Crippen molar-refractivity contribution in [3.05, 3.63) is 35.4 Å². The Balaban J connectivity index is 0.00000176. The first-order valence-electron chi connectivity index (χ1n) is 8.23. The van der Waals surface area contributed by atoms with E-state index in [1.165, 1.54) is 11.1 Å². The summed E-state index contributed by atoms with van der Waals surface area (Å²) in [6, 6.07) is 8.97. The maximum Gasteiger partial charge on any atom is 0.227 e. The Morgan fingerprint density at radius 3 is 2.77 bits per heavy atom. The Morgan fingerprint density at radius 2 is 2.09 bits per heavy atom. The van der Waals surface area contributed by atoms with Crippen LogP contribution >= 0.6 is 12.4 Å². The maximum atomic E-state index is 12.8. The first-order chi connectivity index (χ1) is 10.2. The number of nitrogens with zero attached hydrogens (tertiary/aromatic N) is 1. The van der Waals surface area contributed by atoms with E-state index in [2.05, 4.69) is 48.3 Å². The molecule has 1 aromatic carbocycles. The van der Waals surface area contributed by atoms with Gasteiger partial charge in [-0.2, -0.15) is 0 Å². The van der Waals surface area contributed by atoms with Gasteiger partial charge < -0.3 is 10.2 Å². The molecule has 22 heavy (non-hydrogen) atoms. The number of rotatable bonds is 2. The van der Waals surface area contributed by atoms with E-state index in [0.29, 0.717) is 17.9 Å². The zero-order valence-electron chi connectivity index (χ0n) is 13.5. The fourth-order valence-electron chi connectivity index (χ4n) is 3.91. The van der Waals surface area contributed by atoms with Crippen molar-refractivity contribution in [3.63, 3.8) is 0 Å². The first-order valence-corrected chi connectivity index (χ1v) is 8.23. The number of hydrogen-bond donors (Lipinski definition) is 1. The number of amides is 1. The summed E-state index contributed by atoms with van der Waals surface area (Å²) in [6.07, 6.45) is 3.26. The number of hydrogen-bond acceptors (Lipinski definition) is 2. The van der Waals surface area contributed by atoms with Gasteiger partial charge in [-0.05, 0) is 50.8 Å². The number of carbonyl (C=O) groups is 1. The molecule has 0 saturated carbocycles. The minimum atomic E-state index is 0. The second-order valence-electron chi connectivity index (χ2n) is 6.67. The van der Waals surface area contributed by atoms with Gasteiger partial charge in [-0.15, -0.1) is 12.4 Å². The molecular formula is C18H27ClN2O. The molecule has 0 aliphatic carbocycles. The molecule has 3 rings (SSSR count). The maximum absolute atomic E-state index is 12.8. The van der Waals surface area contributed by atoms with E-state index in [9.17, 15) is 4.79 Å². The summed E-state index contributed by atoms with van der Waals surface area (Å²) in [5.41, 5.74) is 2.77. The quantitative estimate of drug-likeness (QED) is 0.907. The SMILES string of the molecule is Cc1ccccc1C1CC(C)N(C(=O)C2CCCNC2)C1.Cl. The predicted octanol–water partition coefficient (Wildman–Crippen LogP) is 3.12. The van der Waals surface area contributed by atoms with Crippen molar-refractivity contribution in [2.45, 2.75) is 45.1 Å². The van der Waals surface area contributed by atoms with E-state index < -0.39 is 0 Å². The lowest BCUT2D eigenvalue weighted by molar-refractivity contribution is -0.136. The average molecular weight is 323 g/mol. The van der Waals surface area contributed by atoms with Crippen molar-refractivity contribution in [3.8, 4) is 0 Å². The molecule has 0 radical (unpaired) electrons. The van der Waals surface area contributed by atoms with E-state index >= 15 is 0 Å². The zero-order chi connectivity index (χ0) is 14.8. The zero-order valence-corrected chi connectivity index (χ0v) is 14.4. The van der Waals surface area contributed by atoms with E-state index in [1.54, 1.807) is 0 Å². The van der Waals surface area contributed by atoms with Crippen molar-refractivity contribution in [1.82, 2.24) is 10.2 Å². The van der Waals surface area contributed by atoms with Crippen LogP contribution in [0.4, 0.5) is 0 Å². The van der Waals surface area contributed by atoms with Gasteiger partial charge in [0, 0.05) is 25.0 Å². The summed E-state index contributed by atoms with van der Waals surface area (Å²) in [5, 5.41) is 3.36. The highest BCUT2D eigenvalue weighted by atomic mass is 35.5. The standard InChI is InChI=1S/C18H26N2O.ClH/c1-13-6-3-4-8-17(13)16-10-14(2)20(12-16)18(21)15-7-5-9-19-11-15;/h3-4,6,8,14-16,19H,5,7,9-12H2,1-2H3;1H. The van der Waals surface area contributed by atoms with Crippen LogP contribution in [0.15, 0.2) is 24.3 Å². The lowest BCUT2D eigenvalue weighted by Gasteiger charge is -2.29. The van der Waals surface area contributed by atoms with Crippen LogP contribution in [0.25, 0.3) is 0 Å². The van der Waals surface area contributed by atoms with E-state index in [0.717, 1.165) is 38.9 Å². The average Bonchev–Trinajstić information content (AvgIpc) is 2.89. The van der Waals surface area contributed by atoms with Gasteiger partial charge in [-0.3, -0.25) is 4.79 Å². The van der Waals surface area contributed by atoms with Crippen molar-refractivity contribution < 1.29 is 4.79 Å². The molecule has 1 N–H and O–H groups in total. The monoisotopic (exact) mass is 322 g/mol. The number of halogens is 1. The fraction of sp³-hybridized carbons (Fsp3) is 0.611. The van der Waals surface area contributed by atoms with E-state index in [1.807, 2.05) is 0 Å². The van der Waals surface area contributed by atoms with E-state index in [4.69, 9.17) is 0 Å². The smallest absolute Gasteiger partial charge is 0.227 e. The Kier molecular flexibility index (Phi) is 5.87. The van der Waals surface area contributed by atoms with Crippen LogP contribution in [-0.4, -0.2) is 36.5 Å². The number of piperidine rings is 1. The summed E-state index contributed by atoms with van der Waals surface area (Å²) in [7, 11) is 0. The van der Waals surface area contributed by atoms with Gasteiger partial charge in [0.25, 0.3) is 0 Å². The Bertz CT molecular complexity index is 514. The van der Waals surface area contributed by atoms with Gasteiger partial charge in [0.15, 0.2) is 0 Å². The van der Waals surface area contributed by atoms with Crippen LogP contribution in [0, 0.1) is 12.8 Å². The summed E-state index contributed by atoms with van der Waals surface area (Å²) >= 11 is 0. The minimum absolute atomic E-state index is 0. The van der Waals surface area contributed by atoms with Crippen LogP contribution in [0.1, 0.15) is 43.2 Å². The lowest BCUT2D eigenvalue weighted by Crippen LogP contribution is -2.44. The third-order valence-corrected chi connectivity index (χ3v) is 5.13. The van der Waals surface area contributed by atoms with Crippen molar-refractivity contribution in [1.29, 1.82) is 0 Å². The van der Waals surface area contributed by atoms with E-state index in [-0.39, 0.29) is 18.3 Å². The molecule has 2 heterocycles. The predicted molar refractivity (Wildman–Crippen MR) is 92.6 cm³/mol. The second kappa shape index (κ2) is 7.47. The van der Waals surface area contributed by atoms with Crippen LogP contribution in [0.3, 0.4) is 0 Å². The fourth-order valence-corrected chi connectivity index (χ4v) is 3.91. The molecule has 2 saturated heterocycles. The second-order valence-corrected chi connectivity index (χ2v) is 6.67. The number of benzene rings is 1. The van der Waals surface area contributed by atoms with Gasteiger partial charge in [0.1, 0.15) is 0 Å². The van der Waals surface area contributed by atoms with Crippen LogP contribution in [0.2, 0.25) is 0 Å². The summed E-state index contributed by atoms with van der Waals surface area (Å²) in [6.45, 7) is 7.19. The lowest BCUT2D eigenvalue weighted by atomic mass is 9.93. The molecule has 0 spiro atoms. The Morgan fingerprint density at radius 1 is 1.32 bits per heavy atom. The van der Waals surface area contributed by atoms with Gasteiger partial charge in [-0.1, -0.05) is 24.3 Å². The number of aryl methyl sites for hydroxylation is 1. The molecule has 0 bridgehead atoms. The molecule has 1 aromatic rings. The van der Waals surface area contributed by atoms with Gasteiger partial charge in [-0.25, -0.2) is 0 Å². The van der Waals surface area contributed by atoms with Gasteiger partial charge in [0.2, 0.25) is 5.91 Å².